The fourth-order valence-corrected chi connectivity index (χ4v) is 3.63. The van der Waals surface area contributed by atoms with Crippen molar-refractivity contribution in [3.63, 3.8) is 0 Å². The second-order valence-corrected chi connectivity index (χ2v) is 6.50. The summed E-state index contributed by atoms with van der Waals surface area (Å²) < 4.78 is 5.59. The van der Waals surface area contributed by atoms with E-state index in [1.54, 1.807) is 0 Å². The van der Waals surface area contributed by atoms with E-state index in [9.17, 15) is 0 Å². The first-order valence-corrected chi connectivity index (χ1v) is 8.32. The van der Waals surface area contributed by atoms with Gasteiger partial charge in [-0.25, -0.2) is 0 Å². The highest BCUT2D eigenvalue weighted by Gasteiger charge is 2.29. The Morgan fingerprint density at radius 3 is 2.59 bits per heavy atom. The Morgan fingerprint density at radius 2 is 1.86 bits per heavy atom. The lowest BCUT2D eigenvalue weighted by atomic mass is 9.79. The summed E-state index contributed by atoms with van der Waals surface area (Å²) >= 11 is 0. The minimum atomic E-state index is 0.406. The van der Waals surface area contributed by atoms with Crippen molar-refractivity contribution in [1.82, 2.24) is 5.43 Å². The minimum Gasteiger partial charge on any atom is -0.381 e. The summed E-state index contributed by atoms with van der Waals surface area (Å²) in [6.45, 7) is 4.28. The molecule has 1 saturated carbocycles. The van der Waals surface area contributed by atoms with Crippen molar-refractivity contribution in [3.8, 4) is 0 Å². The Kier molecular flexibility index (Phi) is 4.63. The zero-order valence-electron chi connectivity index (χ0n) is 13.9. The van der Waals surface area contributed by atoms with Gasteiger partial charge >= 0.3 is 0 Å². The zero-order valence-corrected chi connectivity index (χ0v) is 13.9. The molecule has 0 bridgehead atoms. The van der Waals surface area contributed by atoms with E-state index in [2.05, 4.69) is 48.6 Å². The molecule has 1 fully saturated rings. The van der Waals surface area contributed by atoms with E-state index < -0.39 is 0 Å². The number of fused-ring (bicyclic) bond motifs is 1. The van der Waals surface area contributed by atoms with Crippen LogP contribution in [0.4, 0.5) is 0 Å². The normalized spacial score (nSPS) is 25.7. The van der Waals surface area contributed by atoms with Gasteiger partial charge in [-0.05, 0) is 57.1 Å². The van der Waals surface area contributed by atoms with Crippen LogP contribution < -0.4 is 5.43 Å². The number of hydrazone groups is 1. The number of nitrogens with zero attached hydrogens (tertiary/aromatic N) is 1. The van der Waals surface area contributed by atoms with Crippen molar-refractivity contribution in [2.24, 2.45) is 11.0 Å². The van der Waals surface area contributed by atoms with Crippen LogP contribution in [0.25, 0.3) is 0 Å². The molecule has 2 atom stereocenters. The third-order valence-corrected chi connectivity index (χ3v) is 5.01. The highest BCUT2D eigenvalue weighted by Crippen LogP contribution is 2.34. The highest BCUT2D eigenvalue weighted by atomic mass is 16.5. The number of aryl methyl sites for hydroxylation is 1. The van der Waals surface area contributed by atoms with E-state index in [0.29, 0.717) is 12.0 Å². The molecule has 0 radical (unpaired) electrons. The maximum atomic E-state index is 5.59. The molecule has 1 aliphatic heterocycles. The quantitative estimate of drug-likeness (QED) is 0.889. The monoisotopic (exact) mass is 298 g/mol. The van der Waals surface area contributed by atoms with Gasteiger partial charge in [-0.2, -0.15) is 5.10 Å². The summed E-state index contributed by atoms with van der Waals surface area (Å²) in [4.78, 5) is 0. The maximum Gasteiger partial charge on any atom is 0.0751 e. The second-order valence-electron chi connectivity index (χ2n) is 6.50. The molecule has 1 aromatic carbocycles. The van der Waals surface area contributed by atoms with Crippen molar-refractivity contribution in [2.45, 2.75) is 52.1 Å². The summed E-state index contributed by atoms with van der Waals surface area (Å²) in [5.74, 6) is 0.460. The van der Waals surface area contributed by atoms with E-state index in [-0.39, 0.29) is 0 Å². The third kappa shape index (κ3) is 3.09. The summed E-state index contributed by atoms with van der Waals surface area (Å²) in [6.07, 6.45) is 6.15. The number of rotatable bonds is 2. The molecule has 0 spiro atoms. The number of hydrogen-bond donors (Lipinski definition) is 1. The SMILES string of the molecule is COC1CCCC2C(c3ccc(C)cc3)=NNC(C)=C2CC1. The van der Waals surface area contributed by atoms with Gasteiger partial charge in [0, 0.05) is 18.7 Å². The van der Waals surface area contributed by atoms with E-state index in [4.69, 9.17) is 4.74 Å². The summed E-state index contributed by atoms with van der Waals surface area (Å²) in [6, 6.07) is 8.74. The predicted molar refractivity (Wildman–Crippen MR) is 90.9 cm³/mol. The van der Waals surface area contributed by atoms with Gasteiger partial charge < -0.3 is 4.74 Å². The molecule has 2 unspecified atom stereocenters. The van der Waals surface area contributed by atoms with E-state index in [0.717, 1.165) is 19.3 Å². The van der Waals surface area contributed by atoms with Crippen LogP contribution in [0.15, 0.2) is 40.6 Å². The second kappa shape index (κ2) is 6.66. The summed E-state index contributed by atoms with van der Waals surface area (Å²) in [5.41, 5.74) is 9.75. The van der Waals surface area contributed by atoms with Crippen molar-refractivity contribution >= 4 is 5.71 Å². The molecule has 1 heterocycles. The fourth-order valence-electron chi connectivity index (χ4n) is 3.63. The average molecular weight is 298 g/mol. The molecule has 3 heteroatoms. The number of methoxy groups -OCH3 is 1. The molecule has 1 aromatic rings. The molecule has 118 valence electrons. The first-order chi connectivity index (χ1) is 10.7. The Morgan fingerprint density at radius 1 is 1.09 bits per heavy atom. The molecular weight excluding hydrogens is 272 g/mol. The molecule has 1 N–H and O–H groups in total. The topological polar surface area (TPSA) is 33.6 Å². The van der Waals surface area contributed by atoms with Crippen LogP contribution in [0.1, 0.15) is 50.2 Å². The van der Waals surface area contributed by atoms with Gasteiger partial charge in [0.1, 0.15) is 0 Å². The smallest absolute Gasteiger partial charge is 0.0751 e. The summed E-state index contributed by atoms with van der Waals surface area (Å²) in [5, 5.41) is 4.68. The largest absolute Gasteiger partial charge is 0.381 e. The Hall–Kier alpha value is -1.61. The molecule has 0 aromatic heterocycles. The lowest BCUT2D eigenvalue weighted by Gasteiger charge is -2.32. The van der Waals surface area contributed by atoms with Crippen LogP contribution >= 0.6 is 0 Å². The molecule has 22 heavy (non-hydrogen) atoms. The van der Waals surface area contributed by atoms with Crippen molar-refractivity contribution < 1.29 is 4.74 Å². The first-order valence-electron chi connectivity index (χ1n) is 8.32. The van der Waals surface area contributed by atoms with E-state index in [1.165, 1.54) is 41.0 Å². The van der Waals surface area contributed by atoms with Gasteiger partial charge in [-0.1, -0.05) is 29.8 Å². The molecule has 3 nitrogen and oxygen atoms in total. The molecule has 0 saturated heterocycles. The number of hydrogen-bond acceptors (Lipinski definition) is 3. The molecule has 2 aliphatic rings. The molecular formula is C19H26N2O. The van der Waals surface area contributed by atoms with Crippen molar-refractivity contribution in [1.29, 1.82) is 0 Å². The molecule has 0 amide bonds. The lowest BCUT2D eigenvalue weighted by molar-refractivity contribution is 0.0822. The van der Waals surface area contributed by atoms with Crippen LogP contribution in [-0.2, 0) is 4.74 Å². The Bertz CT molecular complexity index is 586. The van der Waals surface area contributed by atoms with Gasteiger partial charge in [0.2, 0.25) is 0 Å². The molecule has 3 rings (SSSR count). The Labute approximate surface area is 133 Å². The maximum absolute atomic E-state index is 5.59. The highest BCUT2D eigenvalue weighted by molar-refractivity contribution is 6.04. The van der Waals surface area contributed by atoms with Crippen molar-refractivity contribution in [3.05, 3.63) is 46.7 Å². The van der Waals surface area contributed by atoms with Crippen LogP contribution in [0.5, 0.6) is 0 Å². The molecule has 1 aliphatic carbocycles. The minimum absolute atomic E-state index is 0.406. The van der Waals surface area contributed by atoms with E-state index >= 15 is 0 Å². The average Bonchev–Trinajstić information content (AvgIpc) is 2.50. The number of benzene rings is 1. The number of allylic oxidation sites excluding steroid dienone is 2. The van der Waals surface area contributed by atoms with Crippen LogP contribution in [-0.4, -0.2) is 18.9 Å². The van der Waals surface area contributed by atoms with Gasteiger partial charge in [0.05, 0.1) is 11.8 Å². The predicted octanol–water partition coefficient (Wildman–Crippen LogP) is 4.17. The zero-order chi connectivity index (χ0) is 15.5. The van der Waals surface area contributed by atoms with Gasteiger partial charge in [-0.3, -0.25) is 5.43 Å². The van der Waals surface area contributed by atoms with Crippen LogP contribution in [0.2, 0.25) is 0 Å². The van der Waals surface area contributed by atoms with Crippen LogP contribution in [0, 0.1) is 12.8 Å². The first kappa shape index (κ1) is 15.3. The number of nitrogens with one attached hydrogen (secondary N) is 1. The van der Waals surface area contributed by atoms with Gasteiger partial charge in [0.25, 0.3) is 0 Å². The van der Waals surface area contributed by atoms with Gasteiger partial charge in [-0.15, -0.1) is 0 Å². The van der Waals surface area contributed by atoms with Crippen molar-refractivity contribution in [2.75, 3.05) is 7.11 Å². The Balaban J connectivity index is 1.87. The third-order valence-electron chi connectivity index (χ3n) is 5.01. The fraction of sp³-hybridized carbons (Fsp3) is 0.526. The van der Waals surface area contributed by atoms with E-state index in [1.807, 2.05) is 7.11 Å². The van der Waals surface area contributed by atoms with Gasteiger partial charge in [0.15, 0.2) is 0 Å². The standard InChI is InChI=1S/C19H26N2O/c1-13-7-9-15(10-8-13)19-18-6-4-5-16(22-3)11-12-17(18)14(2)20-21-19/h7-10,16,18,20H,4-6,11-12H2,1-3H3. The number of ether oxygens (including phenoxy) is 1. The van der Waals surface area contributed by atoms with Crippen LogP contribution in [0.3, 0.4) is 0 Å². The summed E-state index contributed by atoms with van der Waals surface area (Å²) in [7, 11) is 1.84. The lowest BCUT2D eigenvalue weighted by Crippen LogP contribution is -2.30.